The smallest absolute Gasteiger partial charge is 0.274 e. The molecule has 30 heavy (non-hydrogen) atoms. The number of aryl methyl sites for hydroxylation is 2. The number of hydrogen-bond donors (Lipinski definition) is 0. The minimum Gasteiger partial charge on any atom is -0.337 e. The van der Waals surface area contributed by atoms with Crippen LogP contribution in [0.25, 0.3) is 11.1 Å². The summed E-state index contributed by atoms with van der Waals surface area (Å²) in [7, 11) is 1.79. The van der Waals surface area contributed by atoms with Gasteiger partial charge >= 0.3 is 0 Å². The number of halogens is 1. The predicted molar refractivity (Wildman–Crippen MR) is 113 cm³/mol. The molecule has 0 aliphatic carbocycles. The third-order valence-corrected chi connectivity index (χ3v) is 5.75. The van der Waals surface area contributed by atoms with E-state index in [2.05, 4.69) is 5.10 Å². The van der Waals surface area contributed by atoms with Crippen LogP contribution < -0.4 is 0 Å². The van der Waals surface area contributed by atoms with Gasteiger partial charge < -0.3 is 4.90 Å². The van der Waals surface area contributed by atoms with E-state index in [4.69, 9.17) is 0 Å². The van der Waals surface area contributed by atoms with E-state index < -0.39 is 5.82 Å². The summed E-state index contributed by atoms with van der Waals surface area (Å²) in [6, 6.07) is 15.7. The first-order chi connectivity index (χ1) is 14.4. The summed E-state index contributed by atoms with van der Waals surface area (Å²) in [6.45, 7) is 2.81. The topological polar surface area (TPSA) is 55.2 Å². The van der Waals surface area contributed by atoms with Gasteiger partial charge in [0.15, 0.2) is 11.5 Å². The quantitative estimate of drug-likeness (QED) is 0.609. The first-order valence-corrected chi connectivity index (χ1v) is 10.1. The van der Waals surface area contributed by atoms with Crippen LogP contribution in [-0.2, 0) is 7.05 Å². The molecule has 0 radical (unpaired) electrons. The fourth-order valence-corrected chi connectivity index (χ4v) is 3.96. The van der Waals surface area contributed by atoms with Crippen molar-refractivity contribution >= 4 is 11.7 Å². The number of Topliss-reactive ketones (excluding diaryl/α,β-unsaturated/α-hetero) is 1. The first kappa shape index (κ1) is 20.0. The molecule has 0 unspecified atom stereocenters. The second kappa shape index (κ2) is 8.22. The van der Waals surface area contributed by atoms with Gasteiger partial charge in [-0.3, -0.25) is 14.3 Å². The van der Waals surface area contributed by atoms with Crippen LogP contribution in [0.4, 0.5) is 4.39 Å². The molecule has 2 aromatic carbocycles. The maximum Gasteiger partial charge on any atom is 0.274 e. The van der Waals surface area contributed by atoms with Crippen LogP contribution >= 0.6 is 0 Å². The number of ketones is 1. The number of benzene rings is 2. The summed E-state index contributed by atoms with van der Waals surface area (Å²) in [4.78, 5) is 27.5. The lowest BCUT2D eigenvalue weighted by Gasteiger charge is -2.31. The number of likely N-dealkylation sites (tertiary alicyclic amines) is 1. The normalized spacial score (nSPS) is 16.5. The Morgan fingerprint density at radius 1 is 1.10 bits per heavy atom. The zero-order chi connectivity index (χ0) is 21.3. The fraction of sp³-hybridized carbons (Fsp3) is 0.292. The van der Waals surface area contributed by atoms with Crippen molar-refractivity contribution in [2.75, 3.05) is 13.1 Å². The number of nitrogens with zero attached hydrogens (tertiary/aromatic N) is 3. The average Bonchev–Trinajstić information content (AvgIpc) is 3.11. The van der Waals surface area contributed by atoms with Crippen LogP contribution in [0.15, 0.2) is 54.6 Å². The number of carbonyl (C=O) groups is 2. The molecule has 6 heteroatoms. The molecule has 1 amide bonds. The summed E-state index contributed by atoms with van der Waals surface area (Å²) in [5.74, 6) is -1.04. The molecular formula is C24H24FN3O2. The standard InChI is InChI=1S/C24H24FN3O2/c1-16-13-22(26-27(16)2)24(30)28-12-6-9-19(15-28)23(29)18-10-11-20(21(25)14-18)17-7-4-3-5-8-17/h3-5,7-8,10-11,13-14,19H,6,9,12,15H2,1-2H3/t19-/m0/s1. The molecule has 1 aromatic heterocycles. The number of amides is 1. The van der Waals surface area contributed by atoms with Crippen LogP contribution in [0.5, 0.6) is 0 Å². The van der Waals surface area contributed by atoms with Gasteiger partial charge in [0, 0.05) is 42.9 Å². The molecule has 3 aromatic rings. The van der Waals surface area contributed by atoms with Crippen molar-refractivity contribution in [1.82, 2.24) is 14.7 Å². The van der Waals surface area contributed by atoms with Crippen molar-refractivity contribution in [3.8, 4) is 11.1 Å². The molecule has 0 N–H and O–H groups in total. The highest BCUT2D eigenvalue weighted by Crippen LogP contribution is 2.27. The van der Waals surface area contributed by atoms with Gasteiger partial charge in [0.25, 0.3) is 5.91 Å². The molecule has 4 rings (SSSR count). The van der Waals surface area contributed by atoms with Gasteiger partial charge in [0.05, 0.1) is 0 Å². The summed E-state index contributed by atoms with van der Waals surface area (Å²) in [5.41, 5.74) is 2.88. The van der Waals surface area contributed by atoms with Crippen molar-refractivity contribution in [2.45, 2.75) is 19.8 Å². The molecule has 2 heterocycles. The van der Waals surface area contributed by atoms with Crippen LogP contribution in [0.3, 0.4) is 0 Å². The fourth-order valence-electron chi connectivity index (χ4n) is 3.96. The summed E-state index contributed by atoms with van der Waals surface area (Å²) >= 11 is 0. The molecule has 1 saturated heterocycles. The number of aromatic nitrogens is 2. The SMILES string of the molecule is Cc1cc(C(=O)N2CCC[C@H](C(=O)c3ccc(-c4ccccc4)c(F)c3)C2)nn1C. The van der Waals surface area contributed by atoms with Crippen LogP contribution in [-0.4, -0.2) is 39.5 Å². The number of hydrogen-bond acceptors (Lipinski definition) is 3. The molecule has 1 aliphatic rings. The Labute approximate surface area is 175 Å². The van der Waals surface area contributed by atoms with Crippen LogP contribution in [0.2, 0.25) is 0 Å². The number of carbonyl (C=O) groups excluding carboxylic acids is 2. The molecule has 0 spiro atoms. The lowest BCUT2D eigenvalue weighted by atomic mass is 9.89. The minimum absolute atomic E-state index is 0.122. The van der Waals surface area contributed by atoms with Crippen LogP contribution in [0, 0.1) is 18.7 Å². The summed E-state index contributed by atoms with van der Waals surface area (Å²) < 4.78 is 16.4. The lowest BCUT2D eigenvalue weighted by Crippen LogP contribution is -2.42. The molecule has 0 bridgehead atoms. The van der Waals surface area contributed by atoms with Crippen molar-refractivity contribution < 1.29 is 14.0 Å². The Balaban J connectivity index is 1.50. The Bertz CT molecular complexity index is 1070. The van der Waals surface area contributed by atoms with Gasteiger partial charge in [-0.15, -0.1) is 0 Å². The molecule has 154 valence electrons. The number of rotatable bonds is 4. The molecule has 5 nitrogen and oxygen atoms in total. The van der Waals surface area contributed by atoms with Gasteiger partial charge in [-0.25, -0.2) is 4.39 Å². The van der Waals surface area contributed by atoms with E-state index in [0.717, 1.165) is 17.7 Å². The predicted octanol–water partition coefficient (Wildman–Crippen LogP) is 4.27. The summed E-state index contributed by atoms with van der Waals surface area (Å²) in [6.07, 6.45) is 1.42. The Morgan fingerprint density at radius 3 is 2.53 bits per heavy atom. The molecular weight excluding hydrogens is 381 g/mol. The highest BCUT2D eigenvalue weighted by atomic mass is 19.1. The molecule has 0 saturated carbocycles. The van der Waals surface area contributed by atoms with E-state index in [1.807, 2.05) is 37.3 Å². The minimum atomic E-state index is -0.417. The maximum atomic E-state index is 14.7. The van der Waals surface area contributed by atoms with E-state index in [-0.39, 0.29) is 17.6 Å². The van der Waals surface area contributed by atoms with Gasteiger partial charge in [0.1, 0.15) is 5.82 Å². The Hall–Kier alpha value is -3.28. The van der Waals surface area contributed by atoms with Gasteiger partial charge in [-0.1, -0.05) is 42.5 Å². The highest BCUT2D eigenvalue weighted by molar-refractivity contribution is 5.99. The molecule has 1 fully saturated rings. The van der Waals surface area contributed by atoms with E-state index in [1.54, 1.807) is 34.8 Å². The third kappa shape index (κ3) is 3.90. The van der Waals surface area contributed by atoms with E-state index in [9.17, 15) is 14.0 Å². The Kier molecular flexibility index (Phi) is 5.48. The van der Waals surface area contributed by atoms with Gasteiger partial charge in [-0.2, -0.15) is 5.10 Å². The zero-order valence-corrected chi connectivity index (χ0v) is 17.1. The number of piperidine rings is 1. The monoisotopic (exact) mass is 405 g/mol. The van der Waals surface area contributed by atoms with E-state index in [0.29, 0.717) is 36.3 Å². The van der Waals surface area contributed by atoms with Crippen molar-refractivity contribution in [2.24, 2.45) is 13.0 Å². The molecule has 1 atom stereocenters. The van der Waals surface area contributed by atoms with Gasteiger partial charge in [-0.05, 0) is 37.5 Å². The molecule has 1 aliphatic heterocycles. The maximum absolute atomic E-state index is 14.7. The average molecular weight is 405 g/mol. The first-order valence-electron chi connectivity index (χ1n) is 10.1. The van der Waals surface area contributed by atoms with Crippen molar-refractivity contribution in [3.63, 3.8) is 0 Å². The Morgan fingerprint density at radius 2 is 1.87 bits per heavy atom. The second-order valence-corrected chi connectivity index (χ2v) is 7.81. The summed E-state index contributed by atoms with van der Waals surface area (Å²) in [5, 5.41) is 4.25. The van der Waals surface area contributed by atoms with E-state index in [1.165, 1.54) is 6.07 Å². The third-order valence-electron chi connectivity index (χ3n) is 5.75. The van der Waals surface area contributed by atoms with Crippen molar-refractivity contribution in [1.29, 1.82) is 0 Å². The highest BCUT2D eigenvalue weighted by Gasteiger charge is 2.30. The largest absolute Gasteiger partial charge is 0.337 e. The lowest BCUT2D eigenvalue weighted by molar-refractivity contribution is 0.0631. The van der Waals surface area contributed by atoms with E-state index >= 15 is 0 Å². The van der Waals surface area contributed by atoms with Gasteiger partial charge in [0.2, 0.25) is 0 Å². The zero-order valence-electron chi connectivity index (χ0n) is 17.1. The second-order valence-electron chi connectivity index (χ2n) is 7.81. The van der Waals surface area contributed by atoms with Crippen molar-refractivity contribution in [3.05, 3.63) is 77.4 Å². The van der Waals surface area contributed by atoms with Crippen LogP contribution in [0.1, 0.15) is 39.4 Å².